The molecule has 0 heterocycles. The minimum atomic E-state index is -1.13. The van der Waals surface area contributed by atoms with Crippen LogP contribution in [0.15, 0.2) is 42.5 Å². The number of benzene rings is 2. The lowest BCUT2D eigenvalue weighted by Crippen LogP contribution is -2.40. The molecule has 1 amide bonds. The normalized spacial score (nSPS) is 13.4. The fraction of sp³-hybridized carbons (Fsp3) is 0.368. The lowest BCUT2D eigenvalue weighted by Gasteiger charge is -2.19. The largest absolute Gasteiger partial charge is 0.479 e. The van der Waals surface area contributed by atoms with Crippen molar-refractivity contribution in [1.29, 1.82) is 0 Å². The zero-order valence-electron chi connectivity index (χ0n) is 14.4. The first-order valence-corrected chi connectivity index (χ1v) is 8.24. The Labute approximate surface area is 146 Å². The highest BCUT2D eigenvalue weighted by Crippen LogP contribution is 2.21. The fourth-order valence-corrected chi connectivity index (χ4v) is 2.44. The SMILES string of the molecule is CCOCCOC(C)C(=O)NC(C(=O)O)c1ccc2ccccc2c1. The number of hydrogen-bond acceptors (Lipinski definition) is 4. The summed E-state index contributed by atoms with van der Waals surface area (Å²) in [6, 6.07) is 11.8. The van der Waals surface area contributed by atoms with E-state index < -0.39 is 24.0 Å². The number of carboxylic acids is 1. The summed E-state index contributed by atoms with van der Waals surface area (Å²) in [6.45, 7) is 4.70. The third kappa shape index (κ3) is 5.27. The summed E-state index contributed by atoms with van der Waals surface area (Å²) in [6.07, 6.45) is -0.761. The summed E-state index contributed by atoms with van der Waals surface area (Å²) in [5.74, 6) is -1.60. The van der Waals surface area contributed by atoms with E-state index in [-0.39, 0.29) is 6.61 Å². The highest BCUT2D eigenvalue weighted by molar-refractivity contribution is 5.89. The number of hydrogen-bond donors (Lipinski definition) is 2. The Morgan fingerprint density at radius 1 is 1.12 bits per heavy atom. The van der Waals surface area contributed by atoms with E-state index in [4.69, 9.17) is 9.47 Å². The number of fused-ring (bicyclic) bond motifs is 1. The van der Waals surface area contributed by atoms with Gasteiger partial charge in [-0.2, -0.15) is 0 Å². The third-order valence-electron chi connectivity index (χ3n) is 3.81. The molecular formula is C19H23NO5. The van der Waals surface area contributed by atoms with Gasteiger partial charge in [-0.3, -0.25) is 4.79 Å². The monoisotopic (exact) mass is 345 g/mol. The lowest BCUT2D eigenvalue weighted by molar-refractivity contribution is -0.144. The molecular weight excluding hydrogens is 322 g/mol. The van der Waals surface area contributed by atoms with Crippen LogP contribution in [0.3, 0.4) is 0 Å². The van der Waals surface area contributed by atoms with Crippen LogP contribution in [-0.2, 0) is 19.1 Å². The van der Waals surface area contributed by atoms with E-state index in [9.17, 15) is 14.7 Å². The van der Waals surface area contributed by atoms with Gasteiger partial charge in [0.15, 0.2) is 6.04 Å². The Bertz CT molecular complexity index is 731. The molecule has 0 bridgehead atoms. The Kier molecular flexibility index (Phi) is 6.91. The molecule has 0 saturated heterocycles. The van der Waals surface area contributed by atoms with Gasteiger partial charge in [0.1, 0.15) is 6.10 Å². The smallest absolute Gasteiger partial charge is 0.330 e. The van der Waals surface area contributed by atoms with Crippen molar-refractivity contribution in [1.82, 2.24) is 5.32 Å². The average molecular weight is 345 g/mol. The van der Waals surface area contributed by atoms with Gasteiger partial charge in [-0.25, -0.2) is 4.79 Å². The van der Waals surface area contributed by atoms with Crippen molar-refractivity contribution in [3.8, 4) is 0 Å². The lowest BCUT2D eigenvalue weighted by atomic mass is 10.0. The Morgan fingerprint density at radius 3 is 2.52 bits per heavy atom. The minimum absolute atomic E-state index is 0.274. The molecule has 0 aromatic heterocycles. The van der Waals surface area contributed by atoms with Gasteiger partial charge in [0, 0.05) is 6.61 Å². The summed E-state index contributed by atoms with van der Waals surface area (Å²) < 4.78 is 10.5. The Morgan fingerprint density at radius 2 is 1.84 bits per heavy atom. The van der Waals surface area contributed by atoms with Crippen LogP contribution >= 0.6 is 0 Å². The maximum Gasteiger partial charge on any atom is 0.330 e. The highest BCUT2D eigenvalue weighted by Gasteiger charge is 2.25. The molecule has 2 rings (SSSR count). The molecule has 6 nitrogen and oxygen atoms in total. The molecule has 2 aromatic carbocycles. The number of carbonyl (C=O) groups excluding carboxylic acids is 1. The second-order valence-corrected chi connectivity index (χ2v) is 5.60. The molecule has 0 saturated carbocycles. The number of ether oxygens (including phenoxy) is 2. The van der Waals surface area contributed by atoms with Crippen LogP contribution in [0.5, 0.6) is 0 Å². The molecule has 0 aliphatic heterocycles. The molecule has 2 atom stereocenters. The molecule has 0 fully saturated rings. The van der Waals surface area contributed by atoms with E-state index in [1.165, 1.54) is 0 Å². The Hall–Kier alpha value is -2.44. The number of rotatable bonds is 9. The fourth-order valence-electron chi connectivity index (χ4n) is 2.44. The summed E-state index contributed by atoms with van der Waals surface area (Å²) in [7, 11) is 0. The molecule has 0 spiro atoms. The van der Waals surface area contributed by atoms with Crippen molar-refractivity contribution < 1.29 is 24.2 Å². The van der Waals surface area contributed by atoms with E-state index in [2.05, 4.69) is 5.32 Å². The maximum atomic E-state index is 12.2. The van der Waals surface area contributed by atoms with E-state index in [0.717, 1.165) is 10.8 Å². The first-order chi connectivity index (χ1) is 12.0. The van der Waals surface area contributed by atoms with Gasteiger partial charge in [-0.1, -0.05) is 36.4 Å². The van der Waals surface area contributed by atoms with Gasteiger partial charge < -0.3 is 19.9 Å². The van der Waals surface area contributed by atoms with Gasteiger partial charge in [-0.05, 0) is 36.2 Å². The zero-order valence-corrected chi connectivity index (χ0v) is 14.4. The molecule has 2 N–H and O–H groups in total. The van der Waals surface area contributed by atoms with E-state index in [1.807, 2.05) is 37.3 Å². The summed E-state index contributed by atoms with van der Waals surface area (Å²) >= 11 is 0. The van der Waals surface area contributed by atoms with Crippen molar-refractivity contribution >= 4 is 22.6 Å². The molecule has 6 heteroatoms. The van der Waals surface area contributed by atoms with Gasteiger partial charge in [-0.15, -0.1) is 0 Å². The highest BCUT2D eigenvalue weighted by atomic mass is 16.5. The van der Waals surface area contributed by atoms with Crippen molar-refractivity contribution in [2.45, 2.75) is 26.0 Å². The van der Waals surface area contributed by atoms with Gasteiger partial charge >= 0.3 is 5.97 Å². The molecule has 2 unspecified atom stereocenters. The topological polar surface area (TPSA) is 84.9 Å². The van der Waals surface area contributed by atoms with Crippen LogP contribution in [-0.4, -0.2) is 42.9 Å². The van der Waals surface area contributed by atoms with Gasteiger partial charge in [0.2, 0.25) is 5.91 Å². The van der Waals surface area contributed by atoms with Crippen LogP contribution in [0.2, 0.25) is 0 Å². The van der Waals surface area contributed by atoms with Crippen molar-refractivity contribution in [2.24, 2.45) is 0 Å². The van der Waals surface area contributed by atoms with Crippen LogP contribution in [0.25, 0.3) is 10.8 Å². The van der Waals surface area contributed by atoms with Crippen LogP contribution < -0.4 is 5.32 Å². The van der Waals surface area contributed by atoms with Crippen molar-refractivity contribution in [3.63, 3.8) is 0 Å². The van der Waals surface area contributed by atoms with E-state index >= 15 is 0 Å². The second-order valence-electron chi connectivity index (χ2n) is 5.60. The first kappa shape index (κ1) is 18.9. The molecule has 25 heavy (non-hydrogen) atoms. The summed E-state index contributed by atoms with van der Waals surface area (Å²) in [5.41, 5.74) is 0.515. The quantitative estimate of drug-likeness (QED) is 0.682. The summed E-state index contributed by atoms with van der Waals surface area (Å²) in [4.78, 5) is 23.8. The molecule has 0 aliphatic rings. The van der Waals surface area contributed by atoms with Crippen LogP contribution in [0.1, 0.15) is 25.5 Å². The molecule has 2 aromatic rings. The number of amides is 1. The molecule has 0 radical (unpaired) electrons. The van der Waals surface area contributed by atoms with Crippen molar-refractivity contribution in [3.05, 3.63) is 48.0 Å². The maximum absolute atomic E-state index is 12.2. The van der Waals surface area contributed by atoms with E-state index in [0.29, 0.717) is 18.8 Å². The second kappa shape index (κ2) is 9.15. The average Bonchev–Trinajstić information content (AvgIpc) is 2.62. The number of aliphatic carboxylic acids is 1. The molecule has 134 valence electrons. The van der Waals surface area contributed by atoms with Gasteiger partial charge in [0.25, 0.3) is 0 Å². The standard InChI is InChI=1S/C19H23NO5/c1-3-24-10-11-25-13(2)18(21)20-17(19(22)23)16-9-8-14-6-4-5-7-15(14)12-16/h4-9,12-13,17H,3,10-11H2,1-2H3,(H,20,21)(H,22,23). The predicted octanol–water partition coefficient (Wildman–Crippen LogP) is 2.52. The van der Waals surface area contributed by atoms with Gasteiger partial charge in [0.05, 0.1) is 13.2 Å². The first-order valence-electron chi connectivity index (χ1n) is 8.24. The third-order valence-corrected chi connectivity index (χ3v) is 3.81. The summed E-state index contributed by atoms with van der Waals surface area (Å²) in [5, 5.41) is 14.0. The number of carboxylic acid groups (broad SMARTS) is 1. The predicted molar refractivity (Wildman–Crippen MR) is 94.4 cm³/mol. The Balaban J connectivity index is 2.06. The van der Waals surface area contributed by atoms with Crippen LogP contribution in [0, 0.1) is 0 Å². The zero-order chi connectivity index (χ0) is 18.2. The number of nitrogens with one attached hydrogen (secondary N) is 1. The molecule has 0 aliphatic carbocycles. The van der Waals surface area contributed by atoms with Crippen molar-refractivity contribution in [2.75, 3.05) is 19.8 Å². The van der Waals surface area contributed by atoms with E-state index in [1.54, 1.807) is 19.1 Å². The minimum Gasteiger partial charge on any atom is -0.479 e. The van der Waals surface area contributed by atoms with Crippen LogP contribution in [0.4, 0.5) is 0 Å². The number of carbonyl (C=O) groups is 2.